The monoisotopic (exact) mass is 259 g/mol. The number of carbonyl (C=O) groups is 2. The number of aliphatic carboxylic acids is 1. The van der Waals surface area contributed by atoms with E-state index in [0.29, 0.717) is 16.5 Å². The third-order valence-electron chi connectivity index (χ3n) is 2.77. The van der Waals surface area contributed by atoms with Gasteiger partial charge < -0.3 is 16.2 Å². The first kappa shape index (κ1) is 12.8. The van der Waals surface area contributed by atoms with Crippen LogP contribution in [0.15, 0.2) is 30.5 Å². The van der Waals surface area contributed by atoms with Gasteiger partial charge in [-0.05, 0) is 19.1 Å². The molecule has 19 heavy (non-hydrogen) atoms. The summed E-state index contributed by atoms with van der Waals surface area (Å²) >= 11 is 0. The summed E-state index contributed by atoms with van der Waals surface area (Å²) in [4.78, 5) is 26.7. The second kappa shape index (κ2) is 4.93. The second-order valence-electron chi connectivity index (χ2n) is 4.14. The number of rotatable bonds is 3. The summed E-state index contributed by atoms with van der Waals surface area (Å²) in [6, 6.07) is 5.90. The van der Waals surface area contributed by atoms with E-state index in [1.807, 2.05) is 0 Å². The molecule has 1 heterocycles. The van der Waals surface area contributed by atoms with Gasteiger partial charge in [-0.2, -0.15) is 0 Å². The van der Waals surface area contributed by atoms with Crippen LogP contribution < -0.4 is 11.1 Å². The number of nitrogens with two attached hydrogens (primary N) is 1. The molecule has 6 heteroatoms. The maximum absolute atomic E-state index is 12.0. The molecule has 1 atom stereocenters. The summed E-state index contributed by atoms with van der Waals surface area (Å²) in [5, 5.41) is 12.5. The standard InChI is InChI=1S/C13H13N3O3/c1-7(13(18)19)16-12(17)11-9-3-2-4-10(14)8(9)5-6-15-11/h2-7H,14H2,1H3,(H,16,17)(H,18,19). The fraction of sp³-hybridized carbons (Fsp3) is 0.154. The Kier molecular flexibility index (Phi) is 3.33. The highest BCUT2D eigenvalue weighted by atomic mass is 16.4. The largest absolute Gasteiger partial charge is 0.480 e. The van der Waals surface area contributed by atoms with Crippen molar-refractivity contribution >= 4 is 28.3 Å². The number of carboxylic acid groups (broad SMARTS) is 1. The van der Waals surface area contributed by atoms with Gasteiger partial charge in [-0.15, -0.1) is 0 Å². The van der Waals surface area contributed by atoms with Crippen LogP contribution in [0.5, 0.6) is 0 Å². The van der Waals surface area contributed by atoms with E-state index in [1.165, 1.54) is 13.1 Å². The Bertz CT molecular complexity index is 655. The Hall–Kier alpha value is -2.63. The average molecular weight is 259 g/mol. The number of anilines is 1. The number of hydrogen-bond acceptors (Lipinski definition) is 4. The van der Waals surface area contributed by atoms with Gasteiger partial charge in [0.15, 0.2) is 0 Å². The first-order valence-electron chi connectivity index (χ1n) is 5.67. The molecule has 0 spiro atoms. The van der Waals surface area contributed by atoms with Gasteiger partial charge in [-0.25, -0.2) is 0 Å². The van der Waals surface area contributed by atoms with Crippen LogP contribution in [-0.4, -0.2) is 28.0 Å². The topological polar surface area (TPSA) is 105 Å². The van der Waals surface area contributed by atoms with Crippen molar-refractivity contribution in [2.24, 2.45) is 0 Å². The summed E-state index contributed by atoms with van der Waals surface area (Å²) in [5.41, 5.74) is 6.53. The fourth-order valence-corrected chi connectivity index (χ4v) is 1.74. The molecule has 6 nitrogen and oxygen atoms in total. The summed E-state index contributed by atoms with van der Waals surface area (Å²) in [6.45, 7) is 1.39. The SMILES string of the molecule is CC(NC(=O)c1nccc2c(N)cccc12)C(=O)O. The maximum atomic E-state index is 12.0. The van der Waals surface area contributed by atoms with Gasteiger partial charge in [0.2, 0.25) is 0 Å². The number of pyridine rings is 1. The van der Waals surface area contributed by atoms with Crippen molar-refractivity contribution < 1.29 is 14.7 Å². The van der Waals surface area contributed by atoms with Gasteiger partial charge in [0.05, 0.1) is 0 Å². The Morgan fingerprint density at radius 2 is 2.05 bits per heavy atom. The minimum absolute atomic E-state index is 0.165. The molecule has 2 aromatic rings. The average Bonchev–Trinajstić information content (AvgIpc) is 2.38. The molecule has 4 N–H and O–H groups in total. The van der Waals surface area contributed by atoms with E-state index in [9.17, 15) is 9.59 Å². The molecule has 98 valence electrons. The third kappa shape index (κ3) is 2.47. The Morgan fingerprint density at radius 1 is 1.32 bits per heavy atom. The molecule has 2 rings (SSSR count). The van der Waals surface area contributed by atoms with Crippen LogP contribution in [0.4, 0.5) is 5.69 Å². The van der Waals surface area contributed by atoms with E-state index in [1.54, 1.807) is 24.3 Å². The molecule has 0 aliphatic heterocycles. The van der Waals surface area contributed by atoms with Crippen molar-refractivity contribution in [3.63, 3.8) is 0 Å². The zero-order chi connectivity index (χ0) is 14.0. The van der Waals surface area contributed by atoms with Crippen LogP contribution in [0.25, 0.3) is 10.8 Å². The number of fused-ring (bicyclic) bond motifs is 1. The molecule has 0 aliphatic carbocycles. The highest BCUT2D eigenvalue weighted by Crippen LogP contribution is 2.22. The van der Waals surface area contributed by atoms with Crippen LogP contribution >= 0.6 is 0 Å². The first-order valence-corrected chi connectivity index (χ1v) is 5.67. The number of nitrogens with zero attached hydrogens (tertiary/aromatic N) is 1. The van der Waals surface area contributed by atoms with Crippen molar-refractivity contribution in [1.82, 2.24) is 10.3 Å². The highest BCUT2D eigenvalue weighted by Gasteiger charge is 2.18. The number of nitrogens with one attached hydrogen (secondary N) is 1. The van der Waals surface area contributed by atoms with E-state index < -0.39 is 17.9 Å². The predicted molar refractivity (Wildman–Crippen MR) is 70.7 cm³/mol. The lowest BCUT2D eigenvalue weighted by Gasteiger charge is -2.10. The van der Waals surface area contributed by atoms with Gasteiger partial charge >= 0.3 is 5.97 Å². The molecule has 0 bridgehead atoms. The van der Waals surface area contributed by atoms with Crippen molar-refractivity contribution in [2.75, 3.05) is 5.73 Å². The summed E-state index contributed by atoms with van der Waals surface area (Å²) < 4.78 is 0. The quantitative estimate of drug-likeness (QED) is 0.714. The minimum atomic E-state index is -1.10. The predicted octanol–water partition coefficient (Wildman–Crippen LogP) is 1.02. The molecular formula is C13H13N3O3. The maximum Gasteiger partial charge on any atom is 0.325 e. The first-order chi connectivity index (χ1) is 9.00. The van der Waals surface area contributed by atoms with Gasteiger partial charge in [0.25, 0.3) is 5.91 Å². The summed E-state index contributed by atoms with van der Waals surface area (Å²) in [5.74, 6) is -1.64. The van der Waals surface area contributed by atoms with E-state index in [4.69, 9.17) is 10.8 Å². The number of aromatic nitrogens is 1. The molecule has 1 aromatic heterocycles. The lowest BCUT2D eigenvalue weighted by molar-refractivity contribution is -0.138. The van der Waals surface area contributed by atoms with Gasteiger partial charge in [0, 0.05) is 22.7 Å². The number of carbonyl (C=O) groups excluding carboxylic acids is 1. The molecule has 0 fully saturated rings. The molecule has 1 unspecified atom stereocenters. The second-order valence-corrected chi connectivity index (χ2v) is 4.14. The van der Waals surface area contributed by atoms with E-state index in [-0.39, 0.29) is 5.69 Å². The number of carboxylic acids is 1. The van der Waals surface area contributed by atoms with Crippen LogP contribution in [0.1, 0.15) is 17.4 Å². The summed E-state index contributed by atoms with van der Waals surface area (Å²) in [6.07, 6.45) is 1.47. The van der Waals surface area contributed by atoms with Crippen LogP contribution in [0, 0.1) is 0 Å². The molecule has 0 aliphatic rings. The van der Waals surface area contributed by atoms with Crippen molar-refractivity contribution in [1.29, 1.82) is 0 Å². The highest BCUT2D eigenvalue weighted by molar-refractivity contribution is 6.08. The number of nitrogen functional groups attached to an aromatic ring is 1. The molecular weight excluding hydrogens is 246 g/mol. The zero-order valence-corrected chi connectivity index (χ0v) is 10.3. The van der Waals surface area contributed by atoms with Crippen LogP contribution in [0.2, 0.25) is 0 Å². The van der Waals surface area contributed by atoms with E-state index in [2.05, 4.69) is 10.3 Å². The molecule has 1 amide bonds. The third-order valence-corrected chi connectivity index (χ3v) is 2.77. The fourth-order valence-electron chi connectivity index (χ4n) is 1.74. The lowest BCUT2D eigenvalue weighted by atomic mass is 10.1. The van der Waals surface area contributed by atoms with Crippen molar-refractivity contribution in [3.05, 3.63) is 36.2 Å². The molecule has 0 saturated carbocycles. The van der Waals surface area contributed by atoms with Crippen molar-refractivity contribution in [2.45, 2.75) is 13.0 Å². The zero-order valence-electron chi connectivity index (χ0n) is 10.3. The molecule has 0 saturated heterocycles. The van der Waals surface area contributed by atoms with Gasteiger partial charge in [-0.1, -0.05) is 12.1 Å². The van der Waals surface area contributed by atoms with E-state index >= 15 is 0 Å². The summed E-state index contributed by atoms with van der Waals surface area (Å²) in [7, 11) is 0. The lowest BCUT2D eigenvalue weighted by Crippen LogP contribution is -2.38. The molecule has 0 radical (unpaired) electrons. The molecule has 1 aromatic carbocycles. The normalized spacial score (nSPS) is 12.1. The minimum Gasteiger partial charge on any atom is -0.480 e. The van der Waals surface area contributed by atoms with Crippen molar-refractivity contribution in [3.8, 4) is 0 Å². The van der Waals surface area contributed by atoms with Gasteiger partial charge in [-0.3, -0.25) is 14.6 Å². The Balaban J connectivity index is 2.43. The van der Waals surface area contributed by atoms with E-state index in [0.717, 1.165) is 0 Å². The van der Waals surface area contributed by atoms with Crippen LogP contribution in [0.3, 0.4) is 0 Å². The van der Waals surface area contributed by atoms with Crippen LogP contribution in [-0.2, 0) is 4.79 Å². The van der Waals surface area contributed by atoms with Gasteiger partial charge in [0.1, 0.15) is 11.7 Å². The Morgan fingerprint density at radius 3 is 2.74 bits per heavy atom. The number of benzene rings is 1. The Labute approximate surface area is 109 Å². The smallest absolute Gasteiger partial charge is 0.325 e. The number of amides is 1. The number of hydrogen-bond donors (Lipinski definition) is 3.